The summed E-state index contributed by atoms with van der Waals surface area (Å²) in [4.78, 5) is 84.8. The summed E-state index contributed by atoms with van der Waals surface area (Å²) in [6, 6.07) is 3.80. The minimum atomic E-state index is -1.72. The van der Waals surface area contributed by atoms with Crippen LogP contribution in [0.15, 0.2) is 34.0 Å². The number of methoxy groups -OCH3 is 1. The molecule has 0 radical (unpaired) electrons. The van der Waals surface area contributed by atoms with Crippen molar-refractivity contribution in [1.29, 1.82) is 0 Å². The van der Waals surface area contributed by atoms with Gasteiger partial charge >= 0.3 is 35.3 Å². The largest absolute Gasteiger partial charge is 0.490 e. The first-order valence-corrected chi connectivity index (χ1v) is 12.5. The molecular formula is C25H28N4O14. The third kappa shape index (κ3) is 7.79. The first kappa shape index (κ1) is 32.4. The van der Waals surface area contributed by atoms with Crippen LogP contribution in [0, 0.1) is 10.1 Å². The van der Waals surface area contributed by atoms with E-state index in [0.29, 0.717) is 9.25 Å². The lowest BCUT2D eigenvalue weighted by atomic mass is 9.97. The molecule has 0 unspecified atom stereocenters. The maximum absolute atomic E-state index is 13.6. The Kier molecular flexibility index (Phi) is 10.3. The van der Waals surface area contributed by atoms with Gasteiger partial charge in [-0.25, -0.2) is 4.79 Å². The number of nitro benzene ring substituents is 1. The van der Waals surface area contributed by atoms with Crippen LogP contribution in [0.1, 0.15) is 39.5 Å². The van der Waals surface area contributed by atoms with Crippen molar-refractivity contribution in [3.05, 3.63) is 60.9 Å². The monoisotopic (exact) mass is 608 g/mol. The van der Waals surface area contributed by atoms with Gasteiger partial charge in [0, 0.05) is 33.8 Å². The van der Waals surface area contributed by atoms with Crippen molar-refractivity contribution >= 4 is 29.6 Å². The molecule has 43 heavy (non-hydrogen) atoms. The first-order valence-electron chi connectivity index (χ1n) is 12.5. The molecule has 232 valence electrons. The number of esters is 4. The quantitative estimate of drug-likeness (QED) is 0.145. The molecule has 0 amide bonds. The number of rotatable bonds is 10. The molecule has 0 aliphatic carbocycles. The van der Waals surface area contributed by atoms with Gasteiger partial charge in [0.2, 0.25) is 0 Å². The summed E-state index contributed by atoms with van der Waals surface area (Å²) in [7, 11) is 1.24. The van der Waals surface area contributed by atoms with Crippen LogP contribution in [0.3, 0.4) is 0 Å². The van der Waals surface area contributed by atoms with Gasteiger partial charge in [0.15, 0.2) is 30.3 Å². The molecule has 1 aromatic carbocycles. The molecule has 1 aromatic heterocycles. The average molecular weight is 609 g/mol. The molecule has 0 N–H and O–H groups in total. The Morgan fingerprint density at radius 1 is 0.953 bits per heavy atom. The number of nitrogens with zero attached hydrogens (tertiary/aromatic N) is 4. The predicted molar refractivity (Wildman–Crippen MR) is 139 cm³/mol. The summed E-state index contributed by atoms with van der Waals surface area (Å²) >= 11 is 0. The van der Waals surface area contributed by atoms with Crippen molar-refractivity contribution in [3.63, 3.8) is 0 Å². The van der Waals surface area contributed by atoms with E-state index >= 15 is 0 Å². The number of carbonyl (C=O) groups is 4. The highest BCUT2D eigenvalue weighted by atomic mass is 16.7. The lowest BCUT2D eigenvalue weighted by Gasteiger charge is -2.44. The molecule has 18 heteroatoms. The van der Waals surface area contributed by atoms with Crippen molar-refractivity contribution < 1.29 is 52.5 Å². The molecule has 0 spiro atoms. The lowest BCUT2D eigenvalue weighted by molar-refractivity contribution is -0.385. The van der Waals surface area contributed by atoms with Crippen LogP contribution in [0.25, 0.3) is 0 Å². The van der Waals surface area contributed by atoms with Crippen LogP contribution in [0.5, 0.6) is 5.75 Å². The van der Waals surface area contributed by atoms with Gasteiger partial charge in [-0.05, 0) is 11.6 Å². The Morgan fingerprint density at radius 2 is 1.56 bits per heavy atom. The van der Waals surface area contributed by atoms with Gasteiger partial charge in [-0.1, -0.05) is 6.07 Å². The van der Waals surface area contributed by atoms with Gasteiger partial charge in [-0.2, -0.15) is 9.78 Å². The minimum absolute atomic E-state index is 0.0502. The maximum atomic E-state index is 13.6. The van der Waals surface area contributed by atoms with Crippen LogP contribution in [-0.4, -0.2) is 81.3 Å². The van der Waals surface area contributed by atoms with Gasteiger partial charge in [-0.15, -0.1) is 0 Å². The molecule has 1 saturated heterocycles. The van der Waals surface area contributed by atoms with Gasteiger partial charge in [-0.3, -0.25) is 38.7 Å². The third-order valence-electron chi connectivity index (χ3n) is 5.97. The zero-order chi connectivity index (χ0) is 32.0. The van der Waals surface area contributed by atoms with E-state index in [-0.39, 0.29) is 11.3 Å². The van der Waals surface area contributed by atoms with Gasteiger partial charge in [0.25, 0.3) is 5.56 Å². The van der Waals surface area contributed by atoms with Crippen LogP contribution in [0.2, 0.25) is 0 Å². The van der Waals surface area contributed by atoms with Crippen LogP contribution in [0.4, 0.5) is 5.69 Å². The number of aromatic nitrogens is 3. The predicted octanol–water partition coefficient (Wildman–Crippen LogP) is -0.374. The van der Waals surface area contributed by atoms with Crippen molar-refractivity contribution in [2.75, 3.05) is 13.7 Å². The second-order valence-corrected chi connectivity index (χ2v) is 9.15. The highest BCUT2D eigenvalue weighted by Gasteiger charge is 2.53. The van der Waals surface area contributed by atoms with E-state index in [1.165, 1.54) is 19.2 Å². The summed E-state index contributed by atoms with van der Waals surface area (Å²) in [6.07, 6.45) is -7.10. The van der Waals surface area contributed by atoms with E-state index in [1.54, 1.807) is 0 Å². The molecule has 0 saturated carbocycles. The molecular weight excluding hydrogens is 580 g/mol. The van der Waals surface area contributed by atoms with Gasteiger partial charge in [0.05, 0.1) is 18.6 Å². The Labute approximate surface area is 242 Å². The third-order valence-corrected chi connectivity index (χ3v) is 5.97. The van der Waals surface area contributed by atoms with Crippen LogP contribution < -0.4 is 16.0 Å². The van der Waals surface area contributed by atoms with Crippen molar-refractivity contribution in [2.45, 2.75) is 64.9 Å². The van der Waals surface area contributed by atoms with Crippen molar-refractivity contribution in [3.8, 4) is 5.75 Å². The molecule has 1 fully saturated rings. The van der Waals surface area contributed by atoms with Crippen LogP contribution in [-0.2, 0) is 49.4 Å². The van der Waals surface area contributed by atoms with Crippen molar-refractivity contribution in [1.82, 2.24) is 14.3 Å². The zero-order valence-electron chi connectivity index (χ0n) is 23.6. The van der Waals surface area contributed by atoms with Gasteiger partial charge < -0.3 is 28.4 Å². The van der Waals surface area contributed by atoms with Crippen LogP contribution >= 0.6 is 0 Å². The lowest BCUT2D eigenvalue weighted by Crippen LogP contribution is -2.62. The second kappa shape index (κ2) is 13.7. The zero-order valence-corrected chi connectivity index (χ0v) is 23.6. The first-order chi connectivity index (χ1) is 20.2. The van der Waals surface area contributed by atoms with Crippen molar-refractivity contribution in [2.24, 2.45) is 0 Å². The number of carbonyl (C=O) groups excluding carboxylic acids is 4. The number of ether oxygens (including phenoxy) is 6. The fourth-order valence-corrected chi connectivity index (χ4v) is 4.33. The topological polar surface area (TPSA) is 224 Å². The van der Waals surface area contributed by atoms with E-state index in [4.69, 9.17) is 28.4 Å². The maximum Gasteiger partial charge on any atom is 0.350 e. The molecule has 3 rings (SSSR count). The second-order valence-electron chi connectivity index (χ2n) is 9.15. The summed E-state index contributed by atoms with van der Waals surface area (Å²) in [5.41, 5.74) is -2.26. The Morgan fingerprint density at radius 3 is 2.12 bits per heavy atom. The van der Waals surface area contributed by atoms with E-state index in [0.717, 1.165) is 40.0 Å². The van der Waals surface area contributed by atoms with E-state index in [1.807, 2.05) is 0 Å². The Bertz CT molecular complexity index is 1530. The fraction of sp³-hybridized carbons (Fsp3) is 0.480. The summed E-state index contributed by atoms with van der Waals surface area (Å²) < 4.78 is 33.2. The highest BCUT2D eigenvalue weighted by Crippen LogP contribution is 2.34. The summed E-state index contributed by atoms with van der Waals surface area (Å²) in [6.45, 7) is 3.17. The van der Waals surface area contributed by atoms with E-state index in [9.17, 15) is 38.9 Å². The highest BCUT2D eigenvalue weighted by molar-refractivity contribution is 5.68. The SMILES string of the molecule is COc1ccc(Cn2c(=O)cnn([C@@H]3O[C@H](COC(C)=O)[C@@H](OC(C)=O)[C@H](OC(C)=O)[C@H]3OC(C)=O)c2=O)cc1[N+](=O)[O-]. The number of hydrogen-bond acceptors (Lipinski definition) is 15. The molecule has 18 nitrogen and oxygen atoms in total. The smallest absolute Gasteiger partial charge is 0.350 e. The average Bonchev–Trinajstić information content (AvgIpc) is 2.91. The van der Waals surface area contributed by atoms with E-state index in [2.05, 4.69) is 5.10 Å². The molecule has 2 aromatic rings. The molecule has 2 heterocycles. The fourth-order valence-electron chi connectivity index (χ4n) is 4.33. The molecule has 0 bridgehead atoms. The standard InChI is InChI=1S/C25H28N4O14/c1-12(30)39-11-19-21(40-13(2)31)22(41-14(3)32)23(42-15(4)33)24(43-19)28-25(35)27(20(34)9-26-28)10-16-6-7-18(38-5)17(8-16)29(36)37/h6-9,19,21-24H,10-11H2,1-5H3/t19-,21-,22+,23-,24-/m1/s1. The molecule has 1 aliphatic rings. The van der Waals surface area contributed by atoms with Gasteiger partial charge in [0.1, 0.15) is 18.9 Å². The summed E-state index contributed by atoms with van der Waals surface area (Å²) in [5.74, 6) is -3.45. The Balaban J connectivity index is 2.16. The number of nitro groups is 1. The molecule has 5 atom stereocenters. The number of benzene rings is 1. The number of hydrogen-bond donors (Lipinski definition) is 0. The normalized spacial score (nSPS) is 21.3. The summed E-state index contributed by atoms with van der Waals surface area (Å²) in [5, 5.41) is 15.3. The van der Waals surface area contributed by atoms with E-state index < -0.39 is 89.5 Å². The Hall–Kier alpha value is -5.13. The molecule has 1 aliphatic heterocycles. The minimum Gasteiger partial charge on any atom is -0.490 e.